The molecule has 3 nitrogen and oxygen atoms in total. The molecule has 0 fully saturated rings. The number of anilines is 1. The van der Waals surface area contributed by atoms with Gasteiger partial charge in [0.1, 0.15) is 0 Å². The molecule has 1 N–H and O–H groups in total. The van der Waals surface area contributed by atoms with Crippen LogP contribution in [0.5, 0.6) is 0 Å². The number of rotatable bonds is 3. The van der Waals surface area contributed by atoms with Crippen molar-refractivity contribution in [2.45, 2.75) is 26.2 Å². The standard InChI is InChI=1S/C18H20N2O/c1-18(2,3)14-7-9-16(10-8-14)20-17(21)12-11-15-6-4-5-13-19-15/h4-13H,1-3H3,(H,20,21)/b12-11+. The van der Waals surface area contributed by atoms with E-state index in [0.29, 0.717) is 0 Å². The van der Waals surface area contributed by atoms with Crippen molar-refractivity contribution >= 4 is 17.7 Å². The van der Waals surface area contributed by atoms with Gasteiger partial charge in [-0.2, -0.15) is 0 Å². The van der Waals surface area contributed by atoms with Crippen LogP contribution in [-0.2, 0) is 10.2 Å². The van der Waals surface area contributed by atoms with Gasteiger partial charge < -0.3 is 5.32 Å². The summed E-state index contributed by atoms with van der Waals surface area (Å²) in [5.74, 6) is -0.163. The number of benzene rings is 1. The summed E-state index contributed by atoms with van der Waals surface area (Å²) in [6, 6.07) is 13.5. The first-order chi connectivity index (χ1) is 9.95. The normalized spacial score (nSPS) is 11.6. The fourth-order valence-electron chi connectivity index (χ4n) is 1.87. The predicted octanol–water partition coefficient (Wildman–Crippen LogP) is 4.03. The number of aromatic nitrogens is 1. The molecule has 0 saturated carbocycles. The third-order valence-corrected chi connectivity index (χ3v) is 3.11. The van der Waals surface area contributed by atoms with E-state index in [9.17, 15) is 4.79 Å². The lowest BCUT2D eigenvalue weighted by Gasteiger charge is -2.19. The molecule has 0 bridgehead atoms. The van der Waals surface area contributed by atoms with Crippen molar-refractivity contribution in [1.29, 1.82) is 0 Å². The van der Waals surface area contributed by atoms with Gasteiger partial charge in [0.2, 0.25) is 5.91 Å². The topological polar surface area (TPSA) is 42.0 Å². The van der Waals surface area contributed by atoms with Crippen LogP contribution in [0.15, 0.2) is 54.7 Å². The van der Waals surface area contributed by atoms with Gasteiger partial charge in [0.25, 0.3) is 0 Å². The van der Waals surface area contributed by atoms with Gasteiger partial charge in [0.15, 0.2) is 0 Å². The lowest BCUT2D eigenvalue weighted by molar-refractivity contribution is -0.111. The molecular formula is C18H20N2O. The van der Waals surface area contributed by atoms with E-state index in [2.05, 4.69) is 31.1 Å². The van der Waals surface area contributed by atoms with Crippen LogP contribution >= 0.6 is 0 Å². The molecule has 0 radical (unpaired) electrons. The van der Waals surface area contributed by atoms with Gasteiger partial charge in [-0.25, -0.2) is 0 Å². The predicted molar refractivity (Wildman–Crippen MR) is 87.0 cm³/mol. The van der Waals surface area contributed by atoms with Crippen LogP contribution in [0, 0.1) is 0 Å². The van der Waals surface area contributed by atoms with Crippen LogP contribution in [0.2, 0.25) is 0 Å². The molecule has 1 aromatic heterocycles. The summed E-state index contributed by atoms with van der Waals surface area (Å²) < 4.78 is 0. The zero-order valence-electron chi connectivity index (χ0n) is 12.6. The molecule has 0 aliphatic carbocycles. The molecule has 108 valence electrons. The molecule has 1 amide bonds. The lowest BCUT2D eigenvalue weighted by Crippen LogP contribution is -2.12. The minimum absolute atomic E-state index is 0.113. The minimum atomic E-state index is -0.163. The van der Waals surface area contributed by atoms with Crippen LogP contribution in [0.4, 0.5) is 5.69 Å². The van der Waals surface area contributed by atoms with Crippen molar-refractivity contribution in [2.75, 3.05) is 5.32 Å². The smallest absolute Gasteiger partial charge is 0.248 e. The summed E-state index contributed by atoms with van der Waals surface area (Å²) >= 11 is 0. The number of carbonyl (C=O) groups excluding carboxylic acids is 1. The summed E-state index contributed by atoms with van der Waals surface area (Å²) in [7, 11) is 0. The second kappa shape index (κ2) is 6.35. The summed E-state index contributed by atoms with van der Waals surface area (Å²) in [6.07, 6.45) is 4.88. The van der Waals surface area contributed by atoms with Gasteiger partial charge in [-0.1, -0.05) is 39.0 Å². The Balaban J connectivity index is 1.98. The SMILES string of the molecule is CC(C)(C)c1ccc(NC(=O)/C=C/c2ccccn2)cc1. The number of amides is 1. The maximum atomic E-state index is 11.8. The summed E-state index contributed by atoms with van der Waals surface area (Å²) in [4.78, 5) is 16.0. The van der Waals surface area contributed by atoms with Crippen LogP contribution in [0.1, 0.15) is 32.0 Å². The van der Waals surface area contributed by atoms with Crippen LogP contribution < -0.4 is 5.32 Å². The highest BCUT2D eigenvalue weighted by Crippen LogP contribution is 2.23. The van der Waals surface area contributed by atoms with Crippen molar-refractivity contribution in [3.05, 3.63) is 66.0 Å². The van der Waals surface area contributed by atoms with Crippen LogP contribution in [0.3, 0.4) is 0 Å². The van der Waals surface area contributed by atoms with E-state index < -0.39 is 0 Å². The average Bonchev–Trinajstić information content (AvgIpc) is 2.46. The monoisotopic (exact) mass is 280 g/mol. The zero-order valence-corrected chi connectivity index (χ0v) is 12.6. The average molecular weight is 280 g/mol. The number of carbonyl (C=O) groups is 1. The molecule has 2 rings (SSSR count). The fraction of sp³-hybridized carbons (Fsp3) is 0.222. The van der Waals surface area contributed by atoms with E-state index >= 15 is 0 Å². The highest BCUT2D eigenvalue weighted by atomic mass is 16.1. The Labute approximate surface area is 125 Å². The fourth-order valence-corrected chi connectivity index (χ4v) is 1.87. The molecule has 0 spiro atoms. The van der Waals surface area contributed by atoms with Gasteiger partial charge >= 0.3 is 0 Å². The Morgan fingerprint density at radius 2 is 1.81 bits per heavy atom. The molecule has 0 saturated heterocycles. The van der Waals surface area contributed by atoms with Crippen molar-refractivity contribution in [1.82, 2.24) is 4.98 Å². The maximum Gasteiger partial charge on any atom is 0.248 e. The molecule has 0 atom stereocenters. The molecule has 1 aromatic carbocycles. The van der Waals surface area contributed by atoms with Gasteiger partial charge in [-0.05, 0) is 41.3 Å². The molecule has 1 heterocycles. The van der Waals surface area contributed by atoms with Crippen molar-refractivity contribution in [2.24, 2.45) is 0 Å². The number of nitrogens with zero attached hydrogens (tertiary/aromatic N) is 1. The molecular weight excluding hydrogens is 260 g/mol. The van der Waals surface area contributed by atoms with Gasteiger partial charge in [-0.3, -0.25) is 9.78 Å². The third kappa shape index (κ3) is 4.56. The van der Waals surface area contributed by atoms with Crippen LogP contribution in [0.25, 0.3) is 6.08 Å². The lowest BCUT2D eigenvalue weighted by atomic mass is 9.87. The van der Waals surface area contributed by atoms with Gasteiger partial charge in [-0.15, -0.1) is 0 Å². The summed E-state index contributed by atoms with van der Waals surface area (Å²) in [6.45, 7) is 6.49. The Hall–Kier alpha value is -2.42. The third-order valence-electron chi connectivity index (χ3n) is 3.11. The Kier molecular flexibility index (Phi) is 4.53. The number of pyridine rings is 1. The summed E-state index contributed by atoms with van der Waals surface area (Å²) in [5.41, 5.74) is 2.90. The maximum absolute atomic E-state index is 11.8. The number of hydrogen-bond donors (Lipinski definition) is 1. The van der Waals surface area contributed by atoms with E-state index in [-0.39, 0.29) is 11.3 Å². The Morgan fingerprint density at radius 3 is 2.38 bits per heavy atom. The van der Waals surface area contributed by atoms with Crippen molar-refractivity contribution in [3.63, 3.8) is 0 Å². The molecule has 0 unspecified atom stereocenters. The van der Waals surface area contributed by atoms with Crippen LogP contribution in [-0.4, -0.2) is 10.9 Å². The van der Waals surface area contributed by atoms with Crippen molar-refractivity contribution in [3.8, 4) is 0 Å². The Bertz CT molecular complexity index is 623. The first-order valence-electron chi connectivity index (χ1n) is 6.96. The second-order valence-corrected chi connectivity index (χ2v) is 5.90. The largest absolute Gasteiger partial charge is 0.323 e. The molecule has 0 aliphatic rings. The highest BCUT2D eigenvalue weighted by molar-refractivity contribution is 6.01. The van der Waals surface area contributed by atoms with E-state index in [1.54, 1.807) is 12.3 Å². The molecule has 0 aliphatic heterocycles. The first kappa shape index (κ1) is 15.0. The van der Waals surface area contributed by atoms with Crippen molar-refractivity contribution < 1.29 is 4.79 Å². The number of nitrogens with one attached hydrogen (secondary N) is 1. The van der Waals surface area contributed by atoms with E-state index in [0.717, 1.165) is 11.4 Å². The minimum Gasteiger partial charge on any atom is -0.323 e. The zero-order chi connectivity index (χ0) is 15.3. The molecule has 21 heavy (non-hydrogen) atoms. The molecule has 2 aromatic rings. The van der Waals surface area contributed by atoms with Gasteiger partial charge in [0, 0.05) is 18.0 Å². The number of hydrogen-bond acceptors (Lipinski definition) is 2. The van der Waals surface area contributed by atoms with E-state index in [4.69, 9.17) is 0 Å². The first-order valence-corrected chi connectivity index (χ1v) is 6.96. The van der Waals surface area contributed by atoms with Gasteiger partial charge in [0.05, 0.1) is 5.69 Å². The quantitative estimate of drug-likeness (QED) is 0.862. The Morgan fingerprint density at radius 1 is 1.10 bits per heavy atom. The van der Waals surface area contributed by atoms with E-state index in [1.807, 2.05) is 42.5 Å². The summed E-state index contributed by atoms with van der Waals surface area (Å²) in [5, 5.41) is 2.84. The highest BCUT2D eigenvalue weighted by Gasteiger charge is 2.12. The van der Waals surface area contributed by atoms with E-state index in [1.165, 1.54) is 11.6 Å². The second-order valence-electron chi connectivity index (χ2n) is 5.90. The molecule has 3 heteroatoms.